The third-order valence-electron chi connectivity index (χ3n) is 2.68. The smallest absolute Gasteiger partial charge is 0.298 e. The van der Waals surface area contributed by atoms with Crippen LogP contribution >= 0.6 is 11.6 Å². The van der Waals surface area contributed by atoms with Gasteiger partial charge in [-0.3, -0.25) is 10.2 Å². The number of carbonyl (C=O) groups is 1. The van der Waals surface area contributed by atoms with E-state index in [1.807, 2.05) is 36.4 Å². The Bertz CT molecular complexity index is 680. The molecule has 0 bridgehead atoms. The maximum Gasteiger partial charge on any atom is 0.437 e. The molecule has 0 spiro atoms. The van der Waals surface area contributed by atoms with Crippen LogP contribution in [0.4, 0.5) is 10.5 Å². The SMILES string of the molecule is CC(/C=C/c1ccccc1)=N/OC(=O)Nc1ccc(Cl)cc1. The number of halogens is 1. The largest absolute Gasteiger partial charge is 0.437 e. The third-order valence-corrected chi connectivity index (χ3v) is 2.93. The highest BCUT2D eigenvalue weighted by Gasteiger charge is 2.02. The molecule has 0 aliphatic rings. The van der Waals surface area contributed by atoms with Crippen LogP contribution in [0.15, 0.2) is 65.8 Å². The zero-order valence-corrected chi connectivity index (χ0v) is 12.7. The van der Waals surface area contributed by atoms with Crippen LogP contribution in [-0.4, -0.2) is 11.8 Å². The van der Waals surface area contributed by atoms with E-state index in [0.717, 1.165) is 5.56 Å². The highest BCUT2D eigenvalue weighted by atomic mass is 35.5. The Hall–Kier alpha value is -2.59. The minimum Gasteiger partial charge on any atom is -0.298 e. The van der Waals surface area contributed by atoms with E-state index < -0.39 is 6.09 Å². The Kier molecular flexibility index (Phi) is 5.74. The second kappa shape index (κ2) is 8.00. The number of benzene rings is 2. The molecule has 2 aromatic carbocycles. The Balaban J connectivity index is 1.86. The second-order valence-corrected chi connectivity index (χ2v) is 4.92. The molecule has 0 saturated carbocycles. The first-order chi connectivity index (χ1) is 10.6. The van der Waals surface area contributed by atoms with Gasteiger partial charge in [-0.05, 0) is 42.8 Å². The summed E-state index contributed by atoms with van der Waals surface area (Å²) in [6.07, 6.45) is 3.00. The number of nitrogens with zero attached hydrogens (tertiary/aromatic N) is 1. The van der Waals surface area contributed by atoms with Crippen LogP contribution in [0.2, 0.25) is 5.02 Å². The first-order valence-electron chi connectivity index (χ1n) is 6.65. The van der Waals surface area contributed by atoms with E-state index in [0.29, 0.717) is 16.4 Å². The van der Waals surface area contributed by atoms with Crippen LogP contribution in [0, 0.1) is 0 Å². The van der Waals surface area contributed by atoms with Crippen molar-refractivity contribution < 1.29 is 9.63 Å². The molecule has 1 amide bonds. The molecule has 0 saturated heterocycles. The molecule has 1 N–H and O–H groups in total. The Morgan fingerprint density at radius 3 is 2.50 bits per heavy atom. The second-order valence-electron chi connectivity index (χ2n) is 4.49. The van der Waals surface area contributed by atoms with Crippen molar-refractivity contribution in [3.63, 3.8) is 0 Å². The van der Waals surface area contributed by atoms with E-state index in [4.69, 9.17) is 16.4 Å². The number of hydrogen-bond donors (Lipinski definition) is 1. The van der Waals surface area contributed by atoms with Crippen molar-refractivity contribution in [1.82, 2.24) is 0 Å². The summed E-state index contributed by atoms with van der Waals surface area (Å²) in [5.74, 6) is 0. The molecule has 2 rings (SSSR count). The van der Waals surface area contributed by atoms with Gasteiger partial charge in [-0.2, -0.15) is 0 Å². The van der Waals surface area contributed by atoms with Gasteiger partial charge in [-0.15, -0.1) is 0 Å². The Morgan fingerprint density at radius 1 is 1.14 bits per heavy atom. The summed E-state index contributed by atoms with van der Waals surface area (Å²) < 4.78 is 0. The van der Waals surface area contributed by atoms with Gasteiger partial charge in [0.05, 0.1) is 5.71 Å². The summed E-state index contributed by atoms with van der Waals surface area (Å²) in [5, 5.41) is 6.89. The fourth-order valence-electron chi connectivity index (χ4n) is 1.60. The summed E-state index contributed by atoms with van der Waals surface area (Å²) in [5.41, 5.74) is 2.21. The molecule has 5 heteroatoms. The number of oxime groups is 1. The lowest BCUT2D eigenvalue weighted by Crippen LogP contribution is -2.11. The van der Waals surface area contributed by atoms with E-state index in [9.17, 15) is 4.79 Å². The lowest BCUT2D eigenvalue weighted by atomic mass is 10.2. The number of amides is 1. The van der Waals surface area contributed by atoms with E-state index >= 15 is 0 Å². The van der Waals surface area contributed by atoms with Crippen LogP contribution in [0.3, 0.4) is 0 Å². The lowest BCUT2D eigenvalue weighted by molar-refractivity contribution is 0.166. The molecule has 112 valence electrons. The molecular weight excluding hydrogens is 300 g/mol. The van der Waals surface area contributed by atoms with Crippen LogP contribution in [0.25, 0.3) is 6.08 Å². The molecule has 4 nitrogen and oxygen atoms in total. The van der Waals surface area contributed by atoms with Gasteiger partial charge in [0.15, 0.2) is 0 Å². The predicted octanol–water partition coefficient (Wildman–Crippen LogP) is 4.98. The molecule has 0 aromatic heterocycles. The average molecular weight is 315 g/mol. The normalized spacial score (nSPS) is 11.5. The van der Waals surface area contributed by atoms with Crippen molar-refractivity contribution in [3.05, 3.63) is 71.3 Å². The van der Waals surface area contributed by atoms with Gasteiger partial charge < -0.3 is 0 Å². The number of carbonyl (C=O) groups excluding carboxylic acids is 1. The van der Waals surface area contributed by atoms with Crippen LogP contribution in [0.5, 0.6) is 0 Å². The van der Waals surface area contributed by atoms with Gasteiger partial charge in [-0.1, -0.05) is 53.2 Å². The monoisotopic (exact) mass is 314 g/mol. The summed E-state index contributed by atoms with van der Waals surface area (Å²) in [6.45, 7) is 1.75. The van der Waals surface area contributed by atoms with E-state index in [-0.39, 0.29) is 0 Å². The summed E-state index contributed by atoms with van der Waals surface area (Å²) >= 11 is 5.76. The zero-order chi connectivity index (χ0) is 15.8. The topological polar surface area (TPSA) is 50.7 Å². The Morgan fingerprint density at radius 2 is 1.82 bits per heavy atom. The molecule has 0 atom stereocenters. The van der Waals surface area contributed by atoms with Crippen LogP contribution < -0.4 is 5.32 Å². The highest BCUT2D eigenvalue weighted by molar-refractivity contribution is 6.30. The summed E-state index contributed by atoms with van der Waals surface area (Å²) in [6, 6.07) is 16.5. The molecular formula is C17H15ClN2O2. The van der Waals surface area contributed by atoms with Gasteiger partial charge in [-0.25, -0.2) is 4.79 Å². The third kappa shape index (κ3) is 5.42. The summed E-state index contributed by atoms with van der Waals surface area (Å²) in [7, 11) is 0. The zero-order valence-electron chi connectivity index (χ0n) is 12.0. The number of nitrogens with one attached hydrogen (secondary N) is 1. The minimum atomic E-state index is -0.658. The molecule has 0 unspecified atom stereocenters. The van der Waals surface area contributed by atoms with Crippen LogP contribution in [-0.2, 0) is 4.84 Å². The van der Waals surface area contributed by atoms with Crippen LogP contribution in [0.1, 0.15) is 12.5 Å². The molecule has 2 aromatic rings. The first kappa shape index (κ1) is 15.8. The number of anilines is 1. The predicted molar refractivity (Wildman–Crippen MR) is 90.1 cm³/mol. The minimum absolute atomic E-state index is 0.579. The van der Waals surface area contributed by atoms with Crippen molar-refractivity contribution in [1.29, 1.82) is 0 Å². The van der Waals surface area contributed by atoms with E-state index in [1.54, 1.807) is 37.3 Å². The lowest BCUT2D eigenvalue weighted by Gasteiger charge is -2.02. The van der Waals surface area contributed by atoms with Gasteiger partial charge in [0, 0.05) is 10.7 Å². The average Bonchev–Trinajstić information content (AvgIpc) is 2.54. The van der Waals surface area contributed by atoms with Crippen molar-refractivity contribution >= 4 is 35.2 Å². The molecule has 0 aliphatic heterocycles. The van der Waals surface area contributed by atoms with Gasteiger partial charge in [0.25, 0.3) is 0 Å². The van der Waals surface area contributed by atoms with Crippen molar-refractivity contribution in [2.24, 2.45) is 5.16 Å². The number of hydrogen-bond acceptors (Lipinski definition) is 3. The highest BCUT2D eigenvalue weighted by Crippen LogP contribution is 2.13. The maximum absolute atomic E-state index is 11.6. The van der Waals surface area contributed by atoms with Gasteiger partial charge in [0.2, 0.25) is 0 Å². The van der Waals surface area contributed by atoms with Crippen molar-refractivity contribution in [2.45, 2.75) is 6.92 Å². The quantitative estimate of drug-likeness (QED) is 0.491. The molecule has 0 heterocycles. The first-order valence-corrected chi connectivity index (χ1v) is 7.02. The molecule has 22 heavy (non-hydrogen) atoms. The standard InChI is InChI=1S/C17H15ClN2O2/c1-13(7-8-14-5-3-2-4-6-14)20-22-17(21)19-16-11-9-15(18)10-12-16/h2-12H,1H3,(H,19,21)/b8-7+,20-13-. The molecule has 0 aliphatic carbocycles. The van der Waals surface area contributed by atoms with E-state index in [2.05, 4.69) is 10.5 Å². The number of allylic oxidation sites excluding steroid dienone is 1. The van der Waals surface area contributed by atoms with Gasteiger partial charge >= 0.3 is 6.09 Å². The number of rotatable bonds is 4. The fourth-order valence-corrected chi connectivity index (χ4v) is 1.72. The van der Waals surface area contributed by atoms with Crippen molar-refractivity contribution in [2.75, 3.05) is 5.32 Å². The van der Waals surface area contributed by atoms with Gasteiger partial charge in [0.1, 0.15) is 0 Å². The fraction of sp³-hybridized carbons (Fsp3) is 0.0588. The van der Waals surface area contributed by atoms with E-state index in [1.165, 1.54) is 0 Å². The Labute approximate surface area is 134 Å². The summed E-state index contributed by atoms with van der Waals surface area (Å²) in [4.78, 5) is 16.4. The molecule has 0 radical (unpaired) electrons. The maximum atomic E-state index is 11.6. The van der Waals surface area contributed by atoms with Crippen molar-refractivity contribution in [3.8, 4) is 0 Å². The molecule has 0 fully saturated rings.